The molecule has 0 saturated carbocycles. The van der Waals surface area contributed by atoms with E-state index in [1.54, 1.807) is 0 Å². The van der Waals surface area contributed by atoms with Gasteiger partial charge < -0.3 is 0 Å². The molecule has 55 valence electrons. The van der Waals surface area contributed by atoms with Crippen LogP contribution in [0.1, 0.15) is 12.8 Å². The van der Waals surface area contributed by atoms with Crippen LogP contribution in [0.4, 0.5) is 0 Å². The SMILES string of the molecule is [C-]1=CC=CC1.[C-]1=CC=CC1.[Nb+2]. The topological polar surface area (TPSA) is 0 Å². The van der Waals surface area contributed by atoms with Gasteiger partial charge in [-0.15, -0.1) is 12.8 Å². The van der Waals surface area contributed by atoms with Crippen molar-refractivity contribution in [3.05, 3.63) is 48.6 Å². The van der Waals surface area contributed by atoms with E-state index in [1.165, 1.54) is 0 Å². The van der Waals surface area contributed by atoms with Gasteiger partial charge in [0.05, 0.1) is 0 Å². The second kappa shape index (κ2) is 7.80. The van der Waals surface area contributed by atoms with Gasteiger partial charge in [0.2, 0.25) is 0 Å². The molecule has 0 saturated heterocycles. The Morgan fingerprint density at radius 1 is 0.818 bits per heavy atom. The van der Waals surface area contributed by atoms with Gasteiger partial charge in [0.1, 0.15) is 0 Å². The third kappa shape index (κ3) is 6.11. The molecule has 0 aromatic carbocycles. The summed E-state index contributed by atoms with van der Waals surface area (Å²) in [6.45, 7) is 0. The van der Waals surface area contributed by atoms with E-state index in [0.717, 1.165) is 12.8 Å². The zero-order chi connectivity index (χ0) is 7.07. The first-order valence-electron chi connectivity index (χ1n) is 3.43. The van der Waals surface area contributed by atoms with E-state index in [0.29, 0.717) is 0 Å². The van der Waals surface area contributed by atoms with Crippen LogP contribution >= 0.6 is 0 Å². The molecule has 0 heterocycles. The minimum Gasteiger partial charge on any atom is -0.273 e. The van der Waals surface area contributed by atoms with Gasteiger partial charge in [0, 0.05) is 0 Å². The molecule has 0 N–H and O–H groups in total. The molecule has 1 radical (unpaired) electrons. The Morgan fingerprint density at radius 3 is 1.36 bits per heavy atom. The Hall–Kier alpha value is -0.300. The molecule has 0 aromatic heterocycles. The van der Waals surface area contributed by atoms with Crippen LogP contribution in [0.3, 0.4) is 0 Å². The van der Waals surface area contributed by atoms with Crippen LogP contribution in [0.2, 0.25) is 0 Å². The maximum Gasteiger partial charge on any atom is 2.00 e. The summed E-state index contributed by atoms with van der Waals surface area (Å²) >= 11 is 0. The zero-order valence-corrected chi connectivity index (χ0v) is 8.52. The summed E-state index contributed by atoms with van der Waals surface area (Å²) < 4.78 is 0. The molecular weight excluding hydrogens is 213 g/mol. The molecule has 0 unspecified atom stereocenters. The average molecular weight is 223 g/mol. The molecule has 0 bridgehead atoms. The second-order valence-corrected chi connectivity index (χ2v) is 2.01. The molecule has 0 spiro atoms. The summed E-state index contributed by atoms with van der Waals surface area (Å²) in [5.41, 5.74) is 0. The summed E-state index contributed by atoms with van der Waals surface area (Å²) in [5, 5.41) is 0. The molecule has 0 amide bonds. The summed E-state index contributed by atoms with van der Waals surface area (Å²) in [4.78, 5) is 0. The smallest absolute Gasteiger partial charge is 0.273 e. The van der Waals surface area contributed by atoms with E-state index in [9.17, 15) is 0 Å². The molecule has 0 aromatic rings. The first-order valence-corrected chi connectivity index (χ1v) is 3.43. The third-order valence-electron chi connectivity index (χ3n) is 1.17. The number of allylic oxidation sites excluding steroid dienone is 8. The second-order valence-electron chi connectivity index (χ2n) is 2.01. The van der Waals surface area contributed by atoms with Gasteiger partial charge in [0.15, 0.2) is 0 Å². The van der Waals surface area contributed by atoms with E-state index < -0.39 is 0 Å². The normalized spacial score (nSPS) is 16.0. The monoisotopic (exact) mass is 223 g/mol. The summed E-state index contributed by atoms with van der Waals surface area (Å²) in [5.74, 6) is 0. The van der Waals surface area contributed by atoms with Crippen LogP contribution in [0.15, 0.2) is 36.5 Å². The molecule has 0 aliphatic heterocycles. The average Bonchev–Trinajstić information content (AvgIpc) is 2.67. The summed E-state index contributed by atoms with van der Waals surface area (Å²) in [7, 11) is 0. The molecular formula is C10H10Nb. The Balaban J connectivity index is 0.000000167. The molecule has 0 fully saturated rings. The van der Waals surface area contributed by atoms with E-state index in [-0.39, 0.29) is 22.4 Å². The molecule has 0 nitrogen and oxygen atoms in total. The van der Waals surface area contributed by atoms with Gasteiger partial charge in [-0.05, 0) is 0 Å². The van der Waals surface area contributed by atoms with Crippen molar-refractivity contribution in [2.45, 2.75) is 12.8 Å². The van der Waals surface area contributed by atoms with E-state index >= 15 is 0 Å². The number of hydrogen-bond donors (Lipinski definition) is 0. The summed E-state index contributed by atoms with van der Waals surface area (Å²) in [6.07, 6.45) is 20.0. The largest absolute Gasteiger partial charge is 2.00 e. The van der Waals surface area contributed by atoms with Crippen LogP contribution in [0.25, 0.3) is 0 Å². The van der Waals surface area contributed by atoms with Gasteiger partial charge >= 0.3 is 22.4 Å². The molecule has 2 aliphatic rings. The maximum atomic E-state index is 2.99. The van der Waals surface area contributed by atoms with Crippen molar-refractivity contribution in [2.75, 3.05) is 0 Å². The van der Waals surface area contributed by atoms with Crippen LogP contribution in [0.5, 0.6) is 0 Å². The van der Waals surface area contributed by atoms with Crippen molar-refractivity contribution in [1.82, 2.24) is 0 Å². The van der Waals surface area contributed by atoms with Gasteiger partial charge in [-0.1, -0.05) is 0 Å². The van der Waals surface area contributed by atoms with Crippen molar-refractivity contribution >= 4 is 0 Å². The van der Waals surface area contributed by atoms with Crippen LogP contribution in [0, 0.1) is 12.2 Å². The standard InChI is InChI=1S/2C5H5.Nb/c2*1-2-4-5-3-1;/h2*1-3H,4H2;/q2*-1;+2. The molecule has 2 rings (SSSR count). The molecule has 1 heteroatoms. The predicted molar refractivity (Wildman–Crippen MR) is 43.1 cm³/mol. The van der Waals surface area contributed by atoms with Crippen molar-refractivity contribution in [1.29, 1.82) is 0 Å². The fourth-order valence-corrected chi connectivity index (χ4v) is 0.680. The van der Waals surface area contributed by atoms with E-state index in [4.69, 9.17) is 0 Å². The fourth-order valence-electron chi connectivity index (χ4n) is 0.680. The zero-order valence-electron chi connectivity index (χ0n) is 6.33. The van der Waals surface area contributed by atoms with E-state index in [2.05, 4.69) is 24.3 Å². The Morgan fingerprint density at radius 2 is 1.27 bits per heavy atom. The molecule has 2 aliphatic carbocycles. The minimum atomic E-state index is 0. The van der Waals surface area contributed by atoms with Crippen molar-refractivity contribution in [2.24, 2.45) is 0 Å². The third-order valence-corrected chi connectivity index (χ3v) is 1.17. The number of rotatable bonds is 0. The fraction of sp³-hybridized carbons (Fsp3) is 0.200. The van der Waals surface area contributed by atoms with Gasteiger partial charge in [-0.2, -0.15) is 12.2 Å². The first kappa shape index (κ1) is 10.7. The maximum absolute atomic E-state index is 2.99. The Labute approximate surface area is 83.9 Å². The van der Waals surface area contributed by atoms with Gasteiger partial charge in [-0.25, -0.2) is 24.3 Å². The molecule has 0 atom stereocenters. The van der Waals surface area contributed by atoms with Crippen LogP contribution in [-0.4, -0.2) is 0 Å². The molecule has 11 heavy (non-hydrogen) atoms. The van der Waals surface area contributed by atoms with Gasteiger partial charge in [-0.3, -0.25) is 12.2 Å². The van der Waals surface area contributed by atoms with E-state index in [1.807, 2.05) is 24.3 Å². The quantitative estimate of drug-likeness (QED) is 0.437. The van der Waals surface area contributed by atoms with Gasteiger partial charge in [0.25, 0.3) is 0 Å². The minimum absolute atomic E-state index is 0. The van der Waals surface area contributed by atoms with Crippen LogP contribution in [-0.2, 0) is 22.4 Å². The predicted octanol–water partition coefficient (Wildman–Crippen LogP) is 2.61. The van der Waals surface area contributed by atoms with Crippen molar-refractivity contribution in [3.63, 3.8) is 0 Å². The van der Waals surface area contributed by atoms with Crippen LogP contribution < -0.4 is 0 Å². The Kier molecular flexibility index (Phi) is 7.59. The summed E-state index contributed by atoms with van der Waals surface area (Å²) in [6, 6.07) is 0. The van der Waals surface area contributed by atoms with Crippen molar-refractivity contribution < 1.29 is 22.4 Å². The number of hydrogen-bond acceptors (Lipinski definition) is 0. The van der Waals surface area contributed by atoms with Crippen molar-refractivity contribution in [3.8, 4) is 0 Å². The Bertz CT molecular complexity index is 143. The first-order chi connectivity index (χ1) is 5.00.